The van der Waals surface area contributed by atoms with Crippen LogP contribution in [0.25, 0.3) is 0 Å². The Morgan fingerprint density at radius 3 is 2.23 bits per heavy atom. The van der Waals surface area contributed by atoms with Crippen molar-refractivity contribution >= 4 is 11.8 Å². The summed E-state index contributed by atoms with van der Waals surface area (Å²) in [4.78, 5) is 24.4. The van der Waals surface area contributed by atoms with Crippen molar-refractivity contribution in [3.05, 3.63) is 35.4 Å². The molecule has 2 unspecified atom stereocenters. The molecule has 5 heteroatoms. The van der Waals surface area contributed by atoms with Gasteiger partial charge in [-0.25, -0.2) is 0 Å². The van der Waals surface area contributed by atoms with Gasteiger partial charge in [0.05, 0.1) is 6.10 Å². The van der Waals surface area contributed by atoms with Gasteiger partial charge in [0, 0.05) is 12.1 Å². The van der Waals surface area contributed by atoms with E-state index >= 15 is 0 Å². The number of hydrogen-bond acceptors (Lipinski definition) is 3. The van der Waals surface area contributed by atoms with Crippen molar-refractivity contribution in [2.24, 2.45) is 5.92 Å². The van der Waals surface area contributed by atoms with Gasteiger partial charge in [0.25, 0.3) is 5.91 Å². The van der Waals surface area contributed by atoms with Gasteiger partial charge in [-0.1, -0.05) is 31.5 Å². The summed E-state index contributed by atoms with van der Waals surface area (Å²) in [6.45, 7) is 7.78. The Kier molecular flexibility index (Phi) is 7.05. The molecule has 0 spiro atoms. The molecule has 0 saturated carbocycles. The third-order valence-electron chi connectivity index (χ3n) is 3.41. The van der Waals surface area contributed by atoms with E-state index < -0.39 is 12.1 Å². The Labute approximate surface area is 132 Å². The minimum absolute atomic E-state index is 0.0269. The maximum absolute atomic E-state index is 12.2. The van der Waals surface area contributed by atoms with Crippen LogP contribution >= 0.6 is 0 Å². The van der Waals surface area contributed by atoms with Crippen molar-refractivity contribution in [2.45, 2.75) is 46.3 Å². The van der Waals surface area contributed by atoms with Gasteiger partial charge >= 0.3 is 0 Å². The van der Waals surface area contributed by atoms with Gasteiger partial charge in [0.15, 0.2) is 0 Å². The molecule has 5 nitrogen and oxygen atoms in total. The zero-order valence-corrected chi connectivity index (χ0v) is 13.7. The molecule has 3 N–H and O–H groups in total. The second kappa shape index (κ2) is 8.54. The molecule has 0 fully saturated rings. The van der Waals surface area contributed by atoms with E-state index in [4.69, 9.17) is 0 Å². The number of nitrogens with one attached hydrogen (secondary N) is 2. The number of aliphatic hydroxyl groups excluding tert-OH is 1. The highest BCUT2D eigenvalue weighted by Crippen LogP contribution is 2.07. The van der Waals surface area contributed by atoms with Gasteiger partial charge in [-0.3, -0.25) is 9.59 Å². The van der Waals surface area contributed by atoms with Gasteiger partial charge < -0.3 is 15.7 Å². The molecule has 0 aliphatic rings. The third kappa shape index (κ3) is 5.85. The lowest BCUT2D eigenvalue weighted by Gasteiger charge is -2.22. The number of hydrogen-bond donors (Lipinski definition) is 3. The number of amides is 2. The first-order chi connectivity index (χ1) is 10.3. The van der Waals surface area contributed by atoms with E-state index in [1.54, 1.807) is 19.1 Å². The molecule has 0 aliphatic heterocycles. The van der Waals surface area contributed by atoms with Crippen molar-refractivity contribution in [1.29, 1.82) is 0 Å². The lowest BCUT2D eigenvalue weighted by molar-refractivity contribution is -0.124. The number of carbonyl (C=O) groups excluding carboxylic acids is 2. The van der Waals surface area contributed by atoms with E-state index in [0.717, 1.165) is 5.56 Å². The zero-order valence-electron chi connectivity index (χ0n) is 13.7. The average Bonchev–Trinajstić information content (AvgIpc) is 2.44. The molecule has 0 aliphatic carbocycles. The molecule has 0 saturated heterocycles. The highest BCUT2D eigenvalue weighted by molar-refractivity contribution is 5.97. The lowest BCUT2D eigenvalue weighted by atomic mass is 10.0. The van der Waals surface area contributed by atoms with Gasteiger partial charge in [-0.15, -0.1) is 0 Å². The molecular formula is C17H26N2O3. The number of carbonyl (C=O) groups is 2. The summed E-state index contributed by atoms with van der Waals surface area (Å²) in [5, 5.41) is 14.7. The maximum Gasteiger partial charge on any atom is 0.251 e. The monoisotopic (exact) mass is 306 g/mol. The van der Waals surface area contributed by atoms with Crippen molar-refractivity contribution in [3.63, 3.8) is 0 Å². The second-order valence-corrected chi connectivity index (χ2v) is 5.99. The van der Waals surface area contributed by atoms with Crippen LogP contribution in [0.3, 0.4) is 0 Å². The molecule has 2 atom stereocenters. The van der Waals surface area contributed by atoms with Crippen molar-refractivity contribution in [3.8, 4) is 0 Å². The van der Waals surface area contributed by atoms with E-state index in [-0.39, 0.29) is 17.7 Å². The van der Waals surface area contributed by atoms with Crippen LogP contribution in [0, 0.1) is 12.8 Å². The molecule has 0 heterocycles. The smallest absolute Gasteiger partial charge is 0.251 e. The van der Waals surface area contributed by atoms with E-state index in [9.17, 15) is 14.7 Å². The minimum Gasteiger partial charge on any atom is -0.393 e. The first-order valence-electron chi connectivity index (χ1n) is 7.64. The molecule has 1 aromatic carbocycles. The van der Waals surface area contributed by atoms with Gasteiger partial charge in [0.1, 0.15) is 6.04 Å². The fraction of sp³-hybridized carbons (Fsp3) is 0.529. The molecule has 0 aromatic heterocycles. The second-order valence-electron chi connectivity index (χ2n) is 5.99. The zero-order chi connectivity index (χ0) is 16.7. The van der Waals surface area contributed by atoms with Crippen molar-refractivity contribution in [1.82, 2.24) is 10.6 Å². The summed E-state index contributed by atoms with van der Waals surface area (Å²) in [6, 6.07) is 6.62. The molecule has 1 rings (SSSR count). The van der Waals surface area contributed by atoms with Crippen LogP contribution < -0.4 is 10.6 Å². The van der Waals surface area contributed by atoms with Gasteiger partial charge in [-0.2, -0.15) is 0 Å². The summed E-state index contributed by atoms with van der Waals surface area (Å²) in [6.07, 6.45) is 0.0302. The highest BCUT2D eigenvalue weighted by Gasteiger charge is 2.24. The van der Waals surface area contributed by atoms with Gasteiger partial charge in [0.2, 0.25) is 5.91 Å². The average molecular weight is 306 g/mol. The number of aliphatic hydroxyl groups is 1. The van der Waals surface area contributed by atoms with Crippen LogP contribution in [0.15, 0.2) is 24.3 Å². The first kappa shape index (κ1) is 18.2. The van der Waals surface area contributed by atoms with Crippen LogP contribution in [-0.4, -0.2) is 35.6 Å². The first-order valence-corrected chi connectivity index (χ1v) is 7.64. The predicted octanol–water partition coefficient (Wildman–Crippen LogP) is 1.64. The minimum atomic E-state index is -0.595. The van der Waals surface area contributed by atoms with Crippen molar-refractivity contribution in [2.75, 3.05) is 6.54 Å². The summed E-state index contributed by atoms with van der Waals surface area (Å²) >= 11 is 0. The van der Waals surface area contributed by atoms with Crippen LogP contribution in [0.2, 0.25) is 0 Å². The molecule has 0 radical (unpaired) electrons. The number of benzene rings is 1. The quantitative estimate of drug-likeness (QED) is 0.716. The molecule has 2 amide bonds. The summed E-state index contributed by atoms with van der Waals surface area (Å²) in [7, 11) is 0. The number of aryl methyl sites for hydroxylation is 1. The standard InChI is InChI=1S/C17H26N2O3/c1-11(2)15(17(22)18-10-9-13(4)20)19-16(21)14-7-5-12(3)6-8-14/h5-8,11,13,15,20H,9-10H2,1-4H3,(H,18,22)(H,19,21). The molecule has 22 heavy (non-hydrogen) atoms. The third-order valence-corrected chi connectivity index (χ3v) is 3.41. The van der Waals surface area contributed by atoms with Gasteiger partial charge in [-0.05, 0) is 38.3 Å². The van der Waals surface area contributed by atoms with Crippen LogP contribution in [0.1, 0.15) is 43.1 Å². The Hall–Kier alpha value is -1.88. The predicted molar refractivity (Wildman–Crippen MR) is 86.6 cm³/mol. The SMILES string of the molecule is Cc1ccc(C(=O)NC(C(=O)NCCC(C)O)C(C)C)cc1. The Morgan fingerprint density at radius 1 is 1.14 bits per heavy atom. The van der Waals surface area contributed by atoms with Crippen LogP contribution in [0.5, 0.6) is 0 Å². The maximum atomic E-state index is 12.2. The number of rotatable bonds is 7. The van der Waals surface area contributed by atoms with Crippen LogP contribution in [0.4, 0.5) is 0 Å². The van der Waals surface area contributed by atoms with E-state index in [0.29, 0.717) is 18.5 Å². The summed E-state index contributed by atoms with van der Waals surface area (Å²) in [5.41, 5.74) is 1.61. The summed E-state index contributed by atoms with van der Waals surface area (Å²) in [5.74, 6) is -0.513. The molecular weight excluding hydrogens is 280 g/mol. The Bertz CT molecular complexity index is 495. The highest BCUT2D eigenvalue weighted by atomic mass is 16.3. The van der Waals surface area contributed by atoms with E-state index in [1.165, 1.54) is 0 Å². The largest absolute Gasteiger partial charge is 0.393 e. The lowest BCUT2D eigenvalue weighted by Crippen LogP contribution is -2.50. The molecule has 1 aromatic rings. The van der Waals surface area contributed by atoms with Crippen molar-refractivity contribution < 1.29 is 14.7 Å². The normalized spacial score (nSPS) is 13.5. The van der Waals surface area contributed by atoms with Crippen LogP contribution in [-0.2, 0) is 4.79 Å². The topological polar surface area (TPSA) is 78.4 Å². The summed E-state index contributed by atoms with van der Waals surface area (Å²) < 4.78 is 0. The molecule has 0 bridgehead atoms. The Morgan fingerprint density at radius 2 is 1.73 bits per heavy atom. The molecule has 122 valence electrons. The van der Waals surface area contributed by atoms with E-state index in [2.05, 4.69) is 10.6 Å². The fourth-order valence-electron chi connectivity index (χ4n) is 1.98. The van der Waals surface area contributed by atoms with E-state index in [1.807, 2.05) is 32.9 Å². The fourth-order valence-corrected chi connectivity index (χ4v) is 1.98. The Balaban J connectivity index is 2.65.